The summed E-state index contributed by atoms with van der Waals surface area (Å²) in [5, 5.41) is 15.2. The average Bonchev–Trinajstić information content (AvgIpc) is 2.76. The summed E-state index contributed by atoms with van der Waals surface area (Å²) in [6.07, 6.45) is -0.488. The molecule has 0 aliphatic carbocycles. The van der Waals surface area contributed by atoms with E-state index in [-0.39, 0.29) is 33.9 Å². The lowest BCUT2D eigenvalue weighted by Crippen LogP contribution is -2.34. The molecule has 4 nitrogen and oxygen atoms in total. The molecule has 1 aromatic carbocycles. The van der Waals surface area contributed by atoms with Gasteiger partial charge in [-0.1, -0.05) is 23.2 Å². The molecule has 1 aliphatic rings. The Hall–Kier alpha value is -0.590. The Bertz CT molecular complexity index is 502. The first-order chi connectivity index (χ1) is 8.99. The first-order valence-corrected chi connectivity index (χ1v) is 6.56. The van der Waals surface area contributed by atoms with Gasteiger partial charge in [-0.15, -0.1) is 12.4 Å². The van der Waals surface area contributed by atoms with Crippen molar-refractivity contribution < 1.29 is 14.3 Å². The first-order valence-electron chi connectivity index (χ1n) is 5.80. The highest BCUT2D eigenvalue weighted by molar-refractivity contribution is 6.36. The monoisotopic (exact) mass is 342 g/mol. The Morgan fingerprint density at radius 1 is 1.40 bits per heavy atom. The minimum Gasteiger partial charge on any atom is -0.391 e. The maximum Gasteiger partial charge on any atom is 0.252 e. The Balaban J connectivity index is 0.00000200. The highest BCUT2D eigenvalue weighted by Crippen LogP contribution is 2.24. The summed E-state index contributed by atoms with van der Waals surface area (Å²) >= 11 is 11.4. The molecule has 1 fully saturated rings. The van der Waals surface area contributed by atoms with Crippen LogP contribution >= 0.6 is 35.6 Å². The van der Waals surface area contributed by atoms with Gasteiger partial charge < -0.3 is 15.7 Å². The molecule has 2 rings (SSSR count). The number of rotatable bonds is 3. The van der Waals surface area contributed by atoms with E-state index in [1.165, 1.54) is 6.07 Å². The van der Waals surface area contributed by atoms with E-state index in [1.54, 1.807) is 0 Å². The summed E-state index contributed by atoms with van der Waals surface area (Å²) in [4.78, 5) is 11.9. The quantitative estimate of drug-likeness (QED) is 0.734. The third-order valence-corrected chi connectivity index (χ3v) is 3.69. The molecule has 2 unspecified atom stereocenters. The molecule has 1 amide bonds. The van der Waals surface area contributed by atoms with Crippen LogP contribution in [0.5, 0.6) is 0 Å². The molecule has 3 N–H and O–H groups in total. The van der Waals surface area contributed by atoms with Crippen LogP contribution in [0.2, 0.25) is 10.0 Å². The number of amides is 1. The number of halogens is 4. The van der Waals surface area contributed by atoms with Crippen LogP contribution in [-0.2, 0) is 0 Å². The Morgan fingerprint density at radius 2 is 2.10 bits per heavy atom. The highest BCUT2D eigenvalue weighted by Gasteiger charge is 2.25. The molecule has 112 valence electrons. The van der Waals surface area contributed by atoms with E-state index in [9.17, 15) is 14.3 Å². The van der Waals surface area contributed by atoms with Gasteiger partial charge in [0, 0.05) is 25.6 Å². The van der Waals surface area contributed by atoms with Gasteiger partial charge in [0.2, 0.25) is 0 Å². The topological polar surface area (TPSA) is 61.4 Å². The largest absolute Gasteiger partial charge is 0.391 e. The van der Waals surface area contributed by atoms with Crippen molar-refractivity contribution in [3.05, 3.63) is 33.6 Å². The molecule has 0 radical (unpaired) electrons. The normalized spacial score (nSPS) is 21.4. The van der Waals surface area contributed by atoms with Gasteiger partial charge >= 0.3 is 0 Å². The average molecular weight is 344 g/mol. The van der Waals surface area contributed by atoms with E-state index in [0.717, 1.165) is 6.07 Å². The number of β-amino-alcohol motifs (C(OH)–C–C–N with tert-alkyl or cyclic N) is 1. The van der Waals surface area contributed by atoms with Crippen molar-refractivity contribution in [3.63, 3.8) is 0 Å². The van der Waals surface area contributed by atoms with Crippen LogP contribution in [-0.4, -0.2) is 36.8 Å². The molecule has 1 saturated heterocycles. The van der Waals surface area contributed by atoms with E-state index in [0.29, 0.717) is 19.6 Å². The zero-order valence-electron chi connectivity index (χ0n) is 10.3. The van der Waals surface area contributed by atoms with Gasteiger partial charge in [0.1, 0.15) is 5.82 Å². The van der Waals surface area contributed by atoms with E-state index >= 15 is 0 Å². The van der Waals surface area contributed by atoms with Gasteiger partial charge in [-0.05, 0) is 12.1 Å². The summed E-state index contributed by atoms with van der Waals surface area (Å²) < 4.78 is 13.3. The Morgan fingerprint density at radius 3 is 2.70 bits per heavy atom. The minimum atomic E-state index is -0.696. The van der Waals surface area contributed by atoms with Gasteiger partial charge in [0.25, 0.3) is 5.91 Å². The fourth-order valence-corrected chi connectivity index (χ4v) is 2.41. The number of aliphatic hydroxyl groups excluding tert-OH is 1. The molecule has 1 heterocycles. The van der Waals surface area contributed by atoms with Gasteiger partial charge in [-0.2, -0.15) is 0 Å². The number of carbonyl (C=O) groups excluding carboxylic acids is 1. The van der Waals surface area contributed by atoms with E-state index in [2.05, 4.69) is 10.6 Å². The Kier molecular flexibility index (Phi) is 6.48. The second-order valence-electron chi connectivity index (χ2n) is 4.44. The van der Waals surface area contributed by atoms with Crippen LogP contribution < -0.4 is 10.6 Å². The van der Waals surface area contributed by atoms with Gasteiger partial charge in [0.15, 0.2) is 0 Å². The molecule has 0 spiro atoms. The van der Waals surface area contributed by atoms with Crippen molar-refractivity contribution in [1.29, 1.82) is 0 Å². The molecule has 20 heavy (non-hydrogen) atoms. The molecular weight excluding hydrogens is 330 g/mol. The smallest absolute Gasteiger partial charge is 0.252 e. The number of benzene rings is 1. The van der Waals surface area contributed by atoms with Gasteiger partial charge in [0.05, 0.1) is 21.7 Å². The first kappa shape index (κ1) is 17.5. The van der Waals surface area contributed by atoms with Crippen molar-refractivity contribution in [2.45, 2.75) is 6.10 Å². The maximum atomic E-state index is 13.3. The summed E-state index contributed by atoms with van der Waals surface area (Å²) in [6.45, 7) is 1.44. The maximum absolute atomic E-state index is 13.3. The van der Waals surface area contributed by atoms with Crippen molar-refractivity contribution in [2.75, 3.05) is 19.6 Å². The second kappa shape index (κ2) is 7.43. The standard InChI is InChI=1S/C12H13Cl2FN2O2.ClH/c13-8-2-9(14)10(15)1-7(8)12(19)17-4-6-3-16-5-11(6)18;/h1-2,6,11,16,18H,3-5H2,(H,17,19);1H. The molecule has 1 aromatic rings. The molecule has 0 saturated carbocycles. The number of carbonyl (C=O) groups is 1. The van der Waals surface area contributed by atoms with Crippen molar-refractivity contribution >= 4 is 41.5 Å². The Labute approximate surface area is 132 Å². The third-order valence-electron chi connectivity index (χ3n) is 3.08. The van der Waals surface area contributed by atoms with E-state index in [1.807, 2.05) is 0 Å². The lowest BCUT2D eigenvalue weighted by atomic mass is 10.1. The molecule has 0 aromatic heterocycles. The number of hydrogen-bond donors (Lipinski definition) is 3. The minimum absolute atomic E-state index is 0. The van der Waals surface area contributed by atoms with Crippen LogP contribution in [0.1, 0.15) is 10.4 Å². The SMILES string of the molecule is Cl.O=C(NCC1CNCC1O)c1cc(F)c(Cl)cc1Cl. The van der Waals surface area contributed by atoms with Crippen LogP contribution in [0.4, 0.5) is 4.39 Å². The van der Waals surface area contributed by atoms with E-state index in [4.69, 9.17) is 23.2 Å². The zero-order chi connectivity index (χ0) is 14.0. The van der Waals surface area contributed by atoms with Gasteiger partial charge in [-0.3, -0.25) is 4.79 Å². The summed E-state index contributed by atoms with van der Waals surface area (Å²) in [5.41, 5.74) is 0.0315. The van der Waals surface area contributed by atoms with Crippen LogP contribution in [0.25, 0.3) is 0 Å². The van der Waals surface area contributed by atoms with Crippen LogP contribution in [0.15, 0.2) is 12.1 Å². The fourth-order valence-electron chi connectivity index (χ4n) is 1.94. The lowest BCUT2D eigenvalue weighted by Gasteiger charge is -2.14. The lowest BCUT2D eigenvalue weighted by molar-refractivity contribution is 0.0927. The molecule has 1 aliphatic heterocycles. The summed E-state index contributed by atoms with van der Waals surface area (Å²) in [6, 6.07) is 2.20. The van der Waals surface area contributed by atoms with Crippen LogP contribution in [0.3, 0.4) is 0 Å². The predicted molar refractivity (Wildman–Crippen MR) is 78.4 cm³/mol. The number of nitrogens with one attached hydrogen (secondary N) is 2. The highest BCUT2D eigenvalue weighted by atomic mass is 35.5. The number of aliphatic hydroxyl groups is 1. The summed E-state index contributed by atoms with van der Waals surface area (Å²) in [7, 11) is 0. The van der Waals surface area contributed by atoms with Crippen molar-refractivity contribution in [2.24, 2.45) is 5.92 Å². The van der Waals surface area contributed by atoms with E-state index < -0.39 is 17.8 Å². The second-order valence-corrected chi connectivity index (χ2v) is 5.26. The third kappa shape index (κ3) is 3.96. The molecule has 8 heteroatoms. The predicted octanol–water partition coefficient (Wildman–Crippen LogP) is 1.86. The fraction of sp³-hybridized carbons (Fsp3) is 0.417. The van der Waals surface area contributed by atoms with Crippen molar-refractivity contribution in [1.82, 2.24) is 10.6 Å². The molecule has 0 bridgehead atoms. The van der Waals surface area contributed by atoms with Gasteiger partial charge in [-0.25, -0.2) is 4.39 Å². The molecule has 2 atom stereocenters. The van der Waals surface area contributed by atoms with Crippen LogP contribution in [0, 0.1) is 11.7 Å². The zero-order valence-corrected chi connectivity index (χ0v) is 12.7. The number of hydrogen-bond acceptors (Lipinski definition) is 3. The summed E-state index contributed by atoms with van der Waals surface area (Å²) in [5.74, 6) is -1.24. The molecular formula is C12H14Cl3FN2O2. The van der Waals surface area contributed by atoms with Crippen molar-refractivity contribution in [3.8, 4) is 0 Å².